The summed E-state index contributed by atoms with van der Waals surface area (Å²) in [6, 6.07) is 0. The molecule has 0 unspecified atom stereocenters. The van der Waals surface area contributed by atoms with Crippen LogP contribution in [0.5, 0.6) is 0 Å². The third-order valence-corrected chi connectivity index (χ3v) is 4.83. The third-order valence-electron chi connectivity index (χ3n) is 4.83. The molecule has 0 aromatic rings. The minimum Gasteiger partial charge on any atom is -0.535 e. The minimum atomic E-state index is -1.37. The molecule has 0 fully saturated rings. The first-order valence-electron chi connectivity index (χ1n) is 9.63. The van der Waals surface area contributed by atoms with Gasteiger partial charge in [0.25, 0.3) is 0 Å². The first-order valence-corrected chi connectivity index (χ1v) is 9.63. The van der Waals surface area contributed by atoms with Gasteiger partial charge < -0.3 is 30.0 Å². The Morgan fingerprint density at radius 1 is 0.516 bits per heavy atom. The van der Waals surface area contributed by atoms with Gasteiger partial charge in [-0.15, -0.1) is 0 Å². The third kappa shape index (κ3) is 12.2. The summed E-state index contributed by atoms with van der Waals surface area (Å²) in [6.07, 6.45) is -2.45. The topological polar surface area (TPSA) is 149 Å². The van der Waals surface area contributed by atoms with E-state index in [2.05, 4.69) is 0 Å². The Labute approximate surface area is 226 Å². The van der Waals surface area contributed by atoms with E-state index in [9.17, 15) is 19.2 Å². The van der Waals surface area contributed by atoms with Crippen molar-refractivity contribution in [2.45, 2.75) is 82.1 Å². The number of rotatable bonds is 8. The molecule has 0 radical (unpaired) electrons. The molecule has 0 atom stereocenters. The van der Waals surface area contributed by atoms with E-state index >= 15 is 0 Å². The van der Waals surface area contributed by atoms with Gasteiger partial charge in [0, 0.05) is 10.8 Å². The molecule has 0 aliphatic carbocycles. The summed E-state index contributed by atoms with van der Waals surface area (Å²) in [4.78, 5) is 46.3. The van der Waals surface area contributed by atoms with Crippen LogP contribution in [-0.4, -0.2) is 92.4 Å². The van der Waals surface area contributed by atoms with Gasteiger partial charge in [-0.25, -0.2) is 0 Å². The molecule has 0 amide bonds. The predicted molar refractivity (Wildman–Crippen MR) is 116 cm³/mol. The molecule has 0 aromatic heterocycles. The number of aliphatic hydroxyl groups is 4. The van der Waals surface area contributed by atoms with Crippen LogP contribution in [0.25, 0.3) is 0 Å². The van der Waals surface area contributed by atoms with Gasteiger partial charge in [-0.3, -0.25) is 9.59 Å². The van der Waals surface area contributed by atoms with E-state index in [-0.39, 0.29) is 73.3 Å². The normalized spacial score (nSPS) is 12.6. The summed E-state index contributed by atoms with van der Waals surface area (Å²) >= 11 is 0. The summed E-state index contributed by atoms with van der Waals surface area (Å²) in [7, 11) is 0. The van der Waals surface area contributed by atoms with Gasteiger partial charge >= 0.3 is 48.9 Å². The molecule has 0 rings (SSSR count). The molecule has 8 nitrogen and oxygen atoms in total. The first kappa shape index (κ1) is 35.7. The van der Waals surface area contributed by atoms with E-state index < -0.39 is 45.8 Å². The maximum Gasteiger partial charge on any atom is 2.00 e. The van der Waals surface area contributed by atoms with Gasteiger partial charge in [0.15, 0.2) is 0 Å². The zero-order valence-corrected chi connectivity index (χ0v) is 25.0. The fourth-order valence-corrected chi connectivity index (χ4v) is 1.51. The number of aliphatic hydroxyl groups excluding tert-OH is 2. The summed E-state index contributed by atoms with van der Waals surface area (Å²) in [5, 5.41) is 35.6. The predicted octanol–water partition coefficient (Wildman–Crippen LogP) is 3.26. The molecule has 0 aromatic carbocycles. The van der Waals surface area contributed by atoms with Crippen molar-refractivity contribution in [2.24, 2.45) is 21.7 Å². The molecule has 0 aliphatic rings. The van der Waals surface area contributed by atoms with Gasteiger partial charge in [-0.1, -0.05) is 92.6 Å². The molecule has 0 saturated heterocycles. The minimum absolute atomic E-state index is 0. The molecule has 0 saturated carbocycles. The number of ketones is 4. The Balaban J connectivity index is -0.000000490. The molecule has 4 N–H and O–H groups in total. The maximum absolute atomic E-state index is 11.6. The summed E-state index contributed by atoms with van der Waals surface area (Å²) < 4.78 is 0. The zero-order valence-electron chi connectivity index (χ0n) is 20.5. The number of carbonyl (C=O) groups excluding carboxylic acids is 4. The second-order valence-electron chi connectivity index (χ2n) is 10.4. The van der Waals surface area contributed by atoms with Crippen molar-refractivity contribution < 1.29 is 39.6 Å². The molecule has 0 aliphatic heterocycles. The van der Waals surface area contributed by atoms with Crippen LogP contribution in [0.4, 0.5) is 0 Å². The number of Topliss-reactive ketones (excluding diaryl/α,β-unsaturated/α-hetero) is 4. The van der Waals surface area contributed by atoms with E-state index in [0.29, 0.717) is 0 Å². The SMILES string of the molecule is CC(C)(C)C(=O)CC(=O)C(C)(C)[C-](O)O.CC(C)(C)C(=O)CC(=O)C(C)(C)[C-](O)O.[Ba+2]. The Morgan fingerprint density at radius 3 is 0.839 bits per heavy atom. The Bertz CT molecular complexity index is 579. The fourth-order valence-electron chi connectivity index (χ4n) is 1.51. The largest absolute Gasteiger partial charge is 2.00 e. The van der Waals surface area contributed by atoms with Gasteiger partial charge in [0.2, 0.25) is 0 Å². The number of carbonyl (C=O) groups is 4. The van der Waals surface area contributed by atoms with Crippen molar-refractivity contribution in [3.63, 3.8) is 0 Å². The van der Waals surface area contributed by atoms with Crippen LogP contribution >= 0.6 is 0 Å². The van der Waals surface area contributed by atoms with Gasteiger partial charge in [-0.2, -0.15) is 0 Å². The molecule has 0 heterocycles. The van der Waals surface area contributed by atoms with Crippen LogP contribution in [-0.2, 0) is 19.2 Å². The van der Waals surface area contributed by atoms with Crippen LogP contribution in [0.15, 0.2) is 0 Å². The number of hydrogen-bond donors (Lipinski definition) is 4. The van der Waals surface area contributed by atoms with E-state index in [0.717, 1.165) is 0 Å². The maximum atomic E-state index is 11.6. The van der Waals surface area contributed by atoms with Crippen LogP contribution in [0, 0.1) is 34.2 Å². The van der Waals surface area contributed by atoms with Gasteiger partial charge in [0.1, 0.15) is 23.1 Å². The van der Waals surface area contributed by atoms with Gasteiger partial charge in [-0.05, 0) is 0 Å². The average molecular weight is 568 g/mol. The molecular formula is C22H38BaO8. The molecule has 9 heteroatoms. The summed E-state index contributed by atoms with van der Waals surface area (Å²) in [6.45, 7) is 15.8. The van der Waals surface area contributed by atoms with E-state index in [1.165, 1.54) is 27.7 Å². The smallest absolute Gasteiger partial charge is 0.535 e. The van der Waals surface area contributed by atoms with Crippen LogP contribution < -0.4 is 0 Å². The van der Waals surface area contributed by atoms with Crippen molar-refractivity contribution in [3.8, 4) is 0 Å². The molecule has 176 valence electrons. The van der Waals surface area contributed by atoms with Crippen LogP contribution in [0.2, 0.25) is 0 Å². The van der Waals surface area contributed by atoms with Crippen LogP contribution in [0.1, 0.15) is 82.1 Å². The Hall–Kier alpha value is 0.0914. The van der Waals surface area contributed by atoms with Crippen LogP contribution in [0.3, 0.4) is 0 Å². The quantitative estimate of drug-likeness (QED) is 0.198. The monoisotopic (exact) mass is 568 g/mol. The fraction of sp³-hybridized carbons (Fsp3) is 0.727. The second kappa shape index (κ2) is 13.1. The summed E-state index contributed by atoms with van der Waals surface area (Å²) in [5.74, 6) is -1.38. The zero-order chi connectivity index (χ0) is 24.9. The Morgan fingerprint density at radius 2 is 0.710 bits per heavy atom. The van der Waals surface area contributed by atoms with Crippen molar-refractivity contribution in [1.29, 1.82) is 0 Å². The number of hydrogen-bond acceptors (Lipinski definition) is 8. The molecular weight excluding hydrogens is 530 g/mol. The standard InChI is InChI=1S/2C11H19O4.Ba/c2*1-10(2,3)7(12)6-8(13)11(4,5)9(14)15;/h2*14-15H,6H2,1-5H3;/q2*-1;+2. The molecule has 0 spiro atoms. The van der Waals surface area contributed by atoms with Crippen molar-refractivity contribution in [1.82, 2.24) is 0 Å². The average Bonchev–Trinajstić information content (AvgIpc) is 2.52. The van der Waals surface area contributed by atoms with E-state index in [1.807, 2.05) is 0 Å². The Kier molecular flexibility index (Phi) is 15.1. The van der Waals surface area contributed by atoms with E-state index in [1.54, 1.807) is 41.5 Å². The summed E-state index contributed by atoms with van der Waals surface area (Å²) in [5.41, 5.74) is -3.92. The molecule has 31 heavy (non-hydrogen) atoms. The second-order valence-corrected chi connectivity index (χ2v) is 10.4. The molecule has 0 bridgehead atoms. The first-order chi connectivity index (χ1) is 13.0. The van der Waals surface area contributed by atoms with Gasteiger partial charge in [0.05, 0.1) is 12.8 Å². The van der Waals surface area contributed by atoms with E-state index in [4.69, 9.17) is 20.4 Å². The van der Waals surface area contributed by atoms with Crippen molar-refractivity contribution in [3.05, 3.63) is 12.6 Å². The van der Waals surface area contributed by atoms with Crippen molar-refractivity contribution in [2.75, 3.05) is 0 Å². The van der Waals surface area contributed by atoms with Crippen molar-refractivity contribution >= 4 is 72.0 Å².